The Morgan fingerprint density at radius 2 is 2.24 bits per heavy atom. The first kappa shape index (κ1) is 14.4. The number of halogens is 1. The molecule has 1 amide bonds. The van der Waals surface area contributed by atoms with E-state index in [4.69, 9.17) is 18.0 Å². The maximum atomic E-state index is 12.0. The van der Waals surface area contributed by atoms with Crippen molar-refractivity contribution in [3.05, 3.63) is 32.9 Å². The summed E-state index contributed by atoms with van der Waals surface area (Å²) in [5, 5.41) is 2.88. The molecule has 1 unspecified atom stereocenters. The van der Waals surface area contributed by atoms with Crippen molar-refractivity contribution in [3.8, 4) is 0 Å². The number of thiocarbonyl (C=S) groups is 1. The first-order valence-electron chi connectivity index (χ1n) is 5.26. The SMILES string of the molecule is Cc1cccc(C(=O)NC(C)CC(N)=S)c1I. The van der Waals surface area contributed by atoms with E-state index in [1.807, 2.05) is 32.0 Å². The van der Waals surface area contributed by atoms with Gasteiger partial charge >= 0.3 is 0 Å². The fourth-order valence-corrected chi connectivity index (χ4v) is 2.33. The number of nitrogens with one attached hydrogen (secondary N) is 1. The van der Waals surface area contributed by atoms with Gasteiger partial charge in [0.15, 0.2) is 0 Å². The molecule has 0 aliphatic heterocycles. The van der Waals surface area contributed by atoms with E-state index in [0.717, 1.165) is 9.13 Å². The number of nitrogens with two attached hydrogens (primary N) is 1. The van der Waals surface area contributed by atoms with Crippen molar-refractivity contribution in [1.82, 2.24) is 5.32 Å². The number of rotatable bonds is 4. The second kappa shape index (κ2) is 6.30. The Morgan fingerprint density at radius 3 is 2.82 bits per heavy atom. The lowest BCUT2D eigenvalue weighted by Gasteiger charge is -2.14. The molecule has 0 bridgehead atoms. The average Bonchev–Trinajstić information content (AvgIpc) is 2.20. The maximum absolute atomic E-state index is 12.0. The van der Waals surface area contributed by atoms with Crippen molar-refractivity contribution < 1.29 is 4.79 Å². The normalized spacial score (nSPS) is 11.9. The van der Waals surface area contributed by atoms with E-state index < -0.39 is 0 Å². The molecule has 5 heteroatoms. The van der Waals surface area contributed by atoms with Gasteiger partial charge in [-0.15, -0.1) is 0 Å². The number of hydrogen-bond acceptors (Lipinski definition) is 2. The third kappa shape index (κ3) is 4.23. The fraction of sp³-hybridized carbons (Fsp3) is 0.333. The molecule has 3 N–H and O–H groups in total. The number of amides is 1. The Morgan fingerprint density at radius 1 is 1.59 bits per heavy atom. The molecule has 0 radical (unpaired) electrons. The number of hydrogen-bond donors (Lipinski definition) is 2. The van der Waals surface area contributed by atoms with Gasteiger partial charge in [-0.05, 0) is 48.1 Å². The second-order valence-electron chi connectivity index (χ2n) is 3.98. The van der Waals surface area contributed by atoms with Gasteiger partial charge in [0.2, 0.25) is 0 Å². The summed E-state index contributed by atoms with van der Waals surface area (Å²) >= 11 is 6.99. The fourth-order valence-electron chi connectivity index (χ4n) is 1.48. The molecule has 0 saturated heterocycles. The Hall–Kier alpha value is -0.690. The van der Waals surface area contributed by atoms with E-state index in [9.17, 15) is 4.79 Å². The molecule has 1 rings (SSSR count). The van der Waals surface area contributed by atoms with Gasteiger partial charge in [-0.3, -0.25) is 4.79 Å². The highest BCUT2D eigenvalue weighted by Crippen LogP contribution is 2.16. The van der Waals surface area contributed by atoms with Crippen LogP contribution in [0.5, 0.6) is 0 Å². The van der Waals surface area contributed by atoms with Crippen molar-refractivity contribution in [2.75, 3.05) is 0 Å². The Bertz CT molecular complexity index is 448. The molecule has 1 aromatic rings. The van der Waals surface area contributed by atoms with Gasteiger partial charge < -0.3 is 11.1 Å². The van der Waals surface area contributed by atoms with Crippen LogP contribution in [0.3, 0.4) is 0 Å². The Kier molecular flexibility index (Phi) is 5.32. The highest BCUT2D eigenvalue weighted by atomic mass is 127. The van der Waals surface area contributed by atoms with Crippen LogP contribution >= 0.6 is 34.8 Å². The monoisotopic (exact) mass is 362 g/mol. The van der Waals surface area contributed by atoms with E-state index in [-0.39, 0.29) is 11.9 Å². The summed E-state index contributed by atoms with van der Waals surface area (Å²) in [5.74, 6) is -0.0816. The van der Waals surface area contributed by atoms with Gasteiger partial charge in [0, 0.05) is 16.0 Å². The summed E-state index contributed by atoms with van der Waals surface area (Å²) in [5.41, 5.74) is 7.23. The molecule has 1 atom stereocenters. The molecule has 1 aromatic carbocycles. The zero-order valence-corrected chi connectivity index (χ0v) is 12.8. The van der Waals surface area contributed by atoms with Crippen LogP contribution in [-0.4, -0.2) is 16.9 Å². The highest BCUT2D eigenvalue weighted by Gasteiger charge is 2.13. The van der Waals surface area contributed by atoms with Crippen molar-refractivity contribution in [2.24, 2.45) is 5.73 Å². The van der Waals surface area contributed by atoms with Crippen LogP contribution in [0.4, 0.5) is 0 Å². The third-order valence-corrected chi connectivity index (χ3v) is 3.92. The summed E-state index contributed by atoms with van der Waals surface area (Å²) in [6.45, 7) is 3.87. The average molecular weight is 362 g/mol. The van der Waals surface area contributed by atoms with E-state index in [2.05, 4.69) is 27.9 Å². The van der Waals surface area contributed by atoms with Crippen molar-refractivity contribution in [1.29, 1.82) is 0 Å². The molecule has 0 saturated carbocycles. The molecule has 92 valence electrons. The Balaban J connectivity index is 2.77. The van der Waals surface area contributed by atoms with Gasteiger partial charge in [0.1, 0.15) is 0 Å². The molecule has 0 aliphatic carbocycles. The van der Waals surface area contributed by atoms with Crippen LogP contribution in [0, 0.1) is 10.5 Å². The van der Waals surface area contributed by atoms with E-state index in [0.29, 0.717) is 17.0 Å². The number of aryl methyl sites for hydroxylation is 1. The minimum atomic E-state index is -0.0816. The Labute approximate surface area is 120 Å². The van der Waals surface area contributed by atoms with Gasteiger partial charge in [-0.1, -0.05) is 24.4 Å². The van der Waals surface area contributed by atoms with Crippen molar-refractivity contribution >= 4 is 45.7 Å². The van der Waals surface area contributed by atoms with Crippen LogP contribution in [0.15, 0.2) is 18.2 Å². The molecule has 3 nitrogen and oxygen atoms in total. The first-order valence-corrected chi connectivity index (χ1v) is 6.74. The molecule has 0 aliphatic rings. The number of benzene rings is 1. The van der Waals surface area contributed by atoms with E-state index in [1.54, 1.807) is 0 Å². The quantitative estimate of drug-likeness (QED) is 0.639. The predicted octanol–water partition coefficient (Wildman–Crippen LogP) is 2.39. The van der Waals surface area contributed by atoms with E-state index >= 15 is 0 Å². The molecule has 0 spiro atoms. The van der Waals surface area contributed by atoms with Gasteiger partial charge in [0.05, 0.1) is 10.6 Å². The lowest BCUT2D eigenvalue weighted by Crippen LogP contribution is -2.35. The topological polar surface area (TPSA) is 55.1 Å². The minimum Gasteiger partial charge on any atom is -0.393 e. The summed E-state index contributed by atoms with van der Waals surface area (Å²) < 4.78 is 0.977. The molecule has 0 aromatic heterocycles. The smallest absolute Gasteiger partial charge is 0.252 e. The highest BCUT2D eigenvalue weighted by molar-refractivity contribution is 14.1. The van der Waals surface area contributed by atoms with Crippen LogP contribution in [0.25, 0.3) is 0 Å². The summed E-state index contributed by atoms with van der Waals surface area (Å²) in [7, 11) is 0. The van der Waals surface area contributed by atoms with Gasteiger partial charge in [-0.2, -0.15) is 0 Å². The lowest BCUT2D eigenvalue weighted by molar-refractivity contribution is 0.0940. The predicted molar refractivity (Wildman–Crippen MR) is 82.2 cm³/mol. The molecule has 17 heavy (non-hydrogen) atoms. The van der Waals surface area contributed by atoms with Crippen molar-refractivity contribution in [3.63, 3.8) is 0 Å². The zero-order chi connectivity index (χ0) is 13.0. The molecular formula is C12H15IN2OS. The standard InChI is InChI=1S/C12H15IN2OS/c1-7-4-3-5-9(11(7)13)12(16)15-8(2)6-10(14)17/h3-5,8H,6H2,1-2H3,(H2,14,17)(H,15,16). The first-order chi connectivity index (χ1) is 7.91. The van der Waals surface area contributed by atoms with Crippen LogP contribution in [0.1, 0.15) is 29.3 Å². The van der Waals surface area contributed by atoms with Crippen LogP contribution < -0.4 is 11.1 Å². The largest absolute Gasteiger partial charge is 0.393 e. The third-order valence-electron chi connectivity index (χ3n) is 2.32. The van der Waals surface area contributed by atoms with E-state index in [1.165, 1.54) is 0 Å². The second-order valence-corrected chi connectivity index (χ2v) is 5.58. The molecule has 0 heterocycles. The number of carbonyl (C=O) groups excluding carboxylic acids is 1. The number of carbonyl (C=O) groups is 1. The van der Waals surface area contributed by atoms with Gasteiger partial charge in [0.25, 0.3) is 5.91 Å². The summed E-state index contributed by atoms with van der Waals surface area (Å²) in [4.78, 5) is 12.4. The molecular weight excluding hydrogens is 347 g/mol. The van der Waals surface area contributed by atoms with Crippen LogP contribution in [0.2, 0.25) is 0 Å². The maximum Gasteiger partial charge on any atom is 0.252 e. The van der Waals surface area contributed by atoms with Crippen molar-refractivity contribution in [2.45, 2.75) is 26.3 Å². The van der Waals surface area contributed by atoms with Gasteiger partial charge in [-0.25, -0.2) is 0 Å². The summed E-state index contributed by atoms with van der Waals surface area (Å²) in [6, 6.07) is 5.63. The minimum absolute atomic E-state index is 0.0451. The molecule has 0 fully saturated rings. The zero-order valence-electron chi connectivity index (χ0n) is 9.79. The lowest BCUT2D eigenvalue weighted by atomic mass is 10.1. The summed E-state index contributed by atoms with van der Waals surface area (Å²) in [6.07, 6.45) is 0.517. The van der Waals surface area contributed by atoms with Crippen LogP contribution in [-0.2, 0) is 0 Å².